The van der Waals surface area contributed by atoms with Gasteiger partial charge in [-0.05, 0) is 70.4 Å². The van der Waals surface area contributed by atoms with Crippen molar-refractivity contribution in [2.75, 3.05) is 13.7 Å². The van der Waals surface area contributed by atoms with Crippen molar-refractivity contribution in [1.82, 2.24) is 20.1 Å². The quantitative estimate of drug-likeness (QED) is 0.281. The van der Waals surface area contributed by atoms with Gasteiger partial charge >= 0.3 is 12.1 Å². The van der Waals surface area contributed by atoms with Gasteiger partial charge < -0.3 is 14.2 Å². The van der Waals surface area contributed by atoms with E-state index in [0.29, 0.717) is 17.4 Å². The highest BCUT2D eigenvalue weighted by atomic mass is 32.1. The van der Waals surface area contributed by atoms with Crippen LogP contribution in [0.2, 0.25) is 0 Å². The highest BCUT2D eigenvalue weighted by Gasteiger charge is 2.33. The van der Waals surface area contributed by atoms with Crippen molar-refractivity contribution in [2.45, 2.75) is 53.3 Å². The number of carbonyl (C=O) groups excluding carboxylic acids is 2. The third kappa shape index (κ3) is 5.91. The Kier molecular flexibility index (Phi) is 7.87. The summed E-state index contributed by atoms with van der Waals surface area (Å²) < 4.78 is 17.6. The first-order valence-corrected chi connectivity index (χ1v) is 14.3. The SMILES string of the molecule is COC(=O)COc1ccc(-c2ccc(C3=NC(NC(=O)OC(C)(C)C)c4nnc(C)n4-c4sc(C)c(C)c43)cc2)cc1. The van der Waals surface area contributed by atoms with Crippen LogP contribution in [0.3, 0.4) is 0 Å². The van der Waals surface area contributed by atoms with Gasteiger partial charge in [0.25, 0.3) is 0 Å². The lowest BCUT2D eigenvalue weighted by molar-refractivity contribution is -0.142. The van der Waals surface area contributed by atoms with E-state index in [1.165, 1.54) is 7.11 Å². The fourth-order valence-corrected chi connectivity index (χ4v) is 5.82. The first-order chi connectivity index (χ1) is 19.9. The topological polar surface area (TPSA) is 117 Å². The summed E-state index contributed by atoms with van der Waals surface area (Å²) in [7, 11) is 1.32. The van der Waals surface area contributed by atoms with Crippen LogP contribution in [-0.2, 0) is 14.3 Å². The van der Waals surface area contributed by atoms with Gasteiger partial charge in [0.2, 0.25) is 0 Å². The molecule has 5 rings (SSSR count). The predicted octanol–water partition coefficient (Wildman–Crippen LogP) is 5.85. The summed E-state index contributed by atoms with van der Waals surface area (Å²) in [4.78, 5) is 30.5. The predicted molar refractivity (Wildman–Crippen MR) is 161 cm³/mol. The minimum absolute atomic E-state index is 0.144. The molecule has 4 aromatic rings. The minimum Gasteiger partial charge on any atom is -0.482 e. The fourth-order valence-electron chi connectivity index (χ4n) is 4.60. The number of hydrogen-bond donors (Lipinski definition) is 1. The maximum atomic E-state index is 12.9. The molecule has 1 N–H and O–H groups in total. The molecule has 0 saturated carbocycles. The van der Waals surface area contributed by atoms with Crippen molar-refractivity contribution in [3.05, 3.63) is 81.7 Å². The molecule has 218 valence electrons. The number of aryl methyl sites for hydroxylation is 2. The summed E-state index contributed by atoms with van der Waals surface area (Å²) in [6, 6.07) is 15.6. The molecule has 0 saturated heterocycles. The second-order valence-corrected chi connectivity index (χ2v) is 12.1. The molecule has 11 heteroatoms. The van der Waals surface area contributed by atoms with Crippen LogP contribution in [0.4, 0.5) is 4.79 Å². The number of hydrogen-bond acceptors (Lipinski definition) is 9. The van der Waals surface area contributed by atoms with E-state index in [1.54, 1.807) is 11.3 Å². The molecule has 2 aromatic carbocycles. The summed E-state index contributed by atoms with van der Waals surface area (Å²) in [6.07, 6.45) is -1.40. The number of fused-ring (bicyclic) bond motifs is 3. The number of nitrogens with one attached hydrogen (secondary N) is 1. The molecule has 1 amide bonds. The summed E-state index contributed by atoms with van der Waals surface area (Å²) in [5, 5.41) is 12.6. The number of esters is 1. The van der Waals surface area contributed by atoms with Gasteiger partial charge in [-0.2, -0.15) is 0 Å². The third-order valence-corrected chi connectivity index (χ3v) is 7.94. The van der Waals surface area contributed by atoms with Gasteiger partial charge in [0.1, 0.15) is 22.2 Å². The summed E-state index contributed by atoms with van der Waals surface area (Å²) in [6.45, 7) is 11.4. The van der Waals surface area contributed by atoms with E-state index in [-0.39, 0.29) is 6.61 Å². The van der Waals surface area contributed by atoms with E-state index in [0.717, 1.165) is 43.4 Å². The Morgan fingerprint density at radius 2 is 1.57 bits per heavy atom. The highest BCUT2D eigenvalue weighted by molar-refractivity contribution is 7.15. The molecule has 2 aromatic heterocycles. The van der Waals surface area contributed by atoms with Crippen molar-refractivity contribution >= 4 is 29.1 Å². The number of alkyl carbamates (subject to hydrolysis) is 1. The van der Waals surface area contributed by atoms with Gasteiger partial charge in [-0.25, -0.2) is 9.59 Å². The summed E-state index contributed by atoms with van der Waals surface area (Å²) in [5.41, 5.74) is 5.06. The van der Waals surface area contributed by atoms with E-state index >= 15 is 0 Å². The maximum Gasteiger partial charge on any atom is 0.409 e. The largest absolute Gasteiger partial charge is 0.482 e. The Labute approximate surface area is 248 Å². The smallest absolute Gasteiger partial charge is 0.409 e. The molecule has 1 unspecified atom stereocenters. The van der Waals surface area contributed by atoms with Crippen LogP contribution < -0.4 is 10.1 Å². The van der Waals surface area contributed by atoms with E-state index in [9.17, 15) is 9.59 Å². The molecule has 0 aliphatic carbocycles. The van der Waals surface area contributed by atoms with Crippen molar-refractivity contribution in [3.63, 3.8) is 0 Å². The van der Waals surface area contributed by atoms with Crippen LogP contribution in [0.15, 0.2) is 53.5 Å². The molecule has 42 heavy (non-hydrogen) atoms. The third-order valence-electron chi connectivity index (χ3n) is 6.74. The van der Waals surface area contributed by atoms with Crippen molar-refractivity contribution in [3.8, 4) is 21.9 Å². The molecular formula is C31H33N5O5S. The monoisotopic (exact) mass is 587 g/mol. The standard InChI is InChI=1S/C31H33N5O5S/c1-17-18(2)42-29-25(17)26(32-27(28-35-34-19(3)36(28)29)33-30(38)41-31(4,5)6)22-10-8-20(9-11-22)21-12-14-23(15-13-21)40-16-24(37)39-7/h8-15,27H,16H2,1-7H3,(H,33,38). The molecule has 0 bridgehead atoms. The molecule has 1 aliphatic heterocycles. The normalized spacial score (nSPS) is 14.3. The van der Waals surface area contributed by atoms with Crippen LogP contribution in [0.1, 0.15) is 60.2 Å². The second kappa shape index (κ2) is 11.4. The number of ether oxygens (including phenoxy) is 3. The van der Waals surface area contributed by atoms with Gasteiger partial charge in [0.15, 0.2) is 18.6 Å². The Morgan fingerprint density at radius 1 is 0.952 bits per heavy atom. The number of thiophene rings is 1. The maximum absolute atomic E-state index is 12.9. The zero-order valence-electron chi connectivity index (χ0n) is 24.6. The molecule has 0 spiro atoms. The first kappa shape index (κ1) is 29.0. The Bertz CT molecular complexity index is 1660. The Morgan fingerprint density at radius 3 is 2.19 bits per heavy atom. The second-order valence-electron chi connectivity index (χ2n) is 10.9. The molecular weight excluding hydrogens is 554 g/mol. The number of nitrogens with zero attached hydrogens (tertiary/aromatic N) is 4. The van der Waals surface area contributed by atoms with Crippen molar-refractivity contribution in [2.24, 2.45) is 4.99 Å². The summed E-state index contributed by atoms with van der Waals surface area (Å²) >= 11 is 1.65. The molecule has 1 aliphatic rings. The van der Waals surface area contributed by atoms with Crippen LogP contribution in [0.5, 0.6) is 5.75 Å². The average molecular weight is 588 g/mol. The van der Waals surface area contributed by atoms with Gasteiger partial charge in [-0.1, -0.05) is 36.4 Å². The first-order valence-electron chi connectivity index (χ1n) is 13.5. The lowest BCUT2D eigenvalue weighted by Gasteiger charge is -2.21. The zero-order valence-corrected chi connectivity index (χ0v) is 25.5. The van der Waals surface area contributed by atoms with E-state index < -0.39 is 23.8 Å². The van der Waals surface area contributed by atoms with E-state index in [2.05, 4.69) is 34.1 Å². The van der Waals surface area contributed by atoms with Crippen LogP contribution >= 0.6 is 11.3 Å². The minimum atomic E-state index is -0.812. The lowest BCUT2D eigenvalue weighted by Crippen LogP contribution is -2.35. The van der Waals surface area contributed by atoms with Crippen LogP contribution in [-0.4, -0.2) is 51.9 Å². The molecule has 3 heterocycles. The molecule has 1 atom stereocenters. The Balaban J connectivity index is 1.51. The van der Waals surface area contributed by atoms with Crippen molar-refractivity contribution in [1.29, 1.82) is 0 Å². The molecule has 0 fully saturated rings. The lowest BCUT2D eigenvalue weighted by atomic mass is 9.97. The van der Waals surface area contributed by atoms with Crippen molar-refractivity contribution < 1.29 is 23.8 Å². The van der Waals surface area contributed by atoms with Crippen LogP contribution in [0, 0.1) is 20.8 Å². The zero-order chi connectivity index (χ0) is 30.2. The van der Waals surface area contributed by atoms with Gasteiger partial charge in [0.05, 0.1) is 12.8 Å². The fraction of sp³-hybridized carbons (Fsp3) is 0.323. The van der Waals surface area contributed by atoms with E-state index in [1.807, 2.05) is 80.8 Å². The number of methoxy groups -OCH3 is 1. The highest BCUT2D eigenvalue weighted by Crippen LogP contribution is 2.38. The Hall–Kier alpha value is -4.51. The molecule has 0 radical (unpaired) electrons. The van der Waals surface area contributed by atoms with Gasteiger partial charge in [-0.15, -0.1) is 21.5 Å². The number of amides is 1. The summed E-state index contributed by atoms with van der Waals surface area (Å²) in [5.74, 6) is 1.36. The number of aliphatic imine (C=N–C) groups is 1. The molecule has 10 nitrogen and oxygen atoms in total. The average Bonchev–Trinajstić information content (AvgIpc) is 3.43. The number of carbonyl (C=O) groups is 2. The van der Waals surface area contributed by atoms with Gasteiger partial charge in [0, 0.05) is 16.0 Å². The van der Waals surface area contributed by atoms with Gasteiger partial charge in [-0.3, -0.25) is 14.9 Å². The number of rotatable bonds is 6. The van der Waals surface area contributed by atoms with Crippen LogP contribution in [0.25, 0.3) is 16.1 Å². The number of benzene rings is 2. The van der Waals surface area contributed by atoms with E-state index in [4.69, 9.17) is 14.5 Å². The number of aromatic nitrogens is 3.